The van der Waals surface area contributed by atoms with E-state index in [1.54, 1.807) is 0 Å². The van der Waals surface area contributed by atoms with Crippen molar-refractivity contribution < 1.29 is 14.3 Å². The van der Waals surface area contributed by atoms with Gasteiger partial charge < -0.3 is 10.5 Å². The number of ether oxygens (including phenoxy) is 1. The third-order valence-electron chi connectivity index (χ3n) is 3.85. The van der Waals surface area contributed by atoms with Crippen LogP contribution in [-0.2, 0) is 14.3 Å². The molecule has 1 aliphatic heterocycles. The molecule has 1 saturated carbocycles. The van der Waals surface area contributed by atoms with Gasteiger partial charge in [-0.25, -0.2) is 0 Å². The van der Waals surface area contributed by atoms with Crippen LogP contribution in [0.1, 0.15) is 38.5 Å². The Morgan fingerprint density at radius 2 is 2.07 bits per heavy atom. The first-order valence-corrected chi connectivity index (χ1v) is 5.59. The van der Waals surface area contributed by atoms with E-state index in [1.807, 2.05) is 0 Å². The molecule has 1 saturated heterocycles. The number of amides is 1. The highest BCUT2D eigenvalue weighted by molar-refractivity contribution is 5.80. The summed E-state index contributed by atoms with van der Waals surface area (Å²) in [7, 11) is 0. The van der Waals surface area contributed by atoms with E-state index in [-0.39, 0.29) is 23.2 Å². The van der Waals surface area contributed by atoms with Crippen LogP contribution in [0.3, 0.4) is 0 Å². The van der Waals surface area contributed by atoms with Gasteiger partial charge in [-0.2, -0.15) is 0 Å². The van der Waals surface area contributed by atoms with Gasteiger partial charge in [0.25, 0.3) is 0 Å². The van der Waals surface area contributed by atoms with Crippen LogP contribution in [0.5, 0.6) is 0 Å². The second kappa shape index (κ2) is 3.83. The van der Waals surface area contributed by atoms with Gasteiger partial charge in [0.05, 0.1) is 13.0 Å². The molecule has 4 nitrogen and oxygen atoms in total. The highest BCUT2D eigenvalue weighted by atomic mass is 16.5. The van der Waals surface area contributed by atoms with Crippen LogP contribution in [0.4, 0.5) is 0 Å². The zero-order chi connectivity index (χ0) is 10.9. The maximum Gasteiger partial charge on any atom is 0.306 e. The first-order chi connectivity index (χ1) is 7.14. The lowest BCUT2D eigenvalue weighted by atomic mass is 9.70. The van der Waals surface area contributed by atoms with Gasteiger partial charge in [-0.15, -0.1) is 0 Å². The number of cyclic esters (lactones) is 1. The van der Waals surface area contributed by atoms with Crippen molar-refractivity contribution >= 4 is 11.9 Å². The summed E-state index contributed by atoms with van der Waals surface area (Å²) in [6.45, 7) is 0.341. The maximum atomic E-state index is 11.4. The van der Waals surface area contributed by atoms with Gasteiger partial charge in [0.15, 0.2) is 0 Å². The van der Waals surface area contributed by atoms with Crippen molar-refractivity contribution in [2.24, 2.45) is 17.1 Å². The zero-order valence-electron chi connectivity index (χ0n) is 8.83. The summed E-state index contributed by atoms with van der Waals surface area (Å²) < 4.78 is 5.02. The summed E-state index contributed by atoms with van der Waals surface area (Å²) in [6.07, 6.45) is 5.04. The number of rotatable bonds is 1. The molecule has 15 heavy (non-hydrogen) atoms. The van der Waals surface area contributed by atoms with E-state index in [2.05, 4.69) is 0 Å². The molecule has 0 aromatic carbocycles. The van der Waals surface area contributed by atoms with E-state index >= 15 is 0 Å². The molecule has 1 atom stereocenters. The quantitative estimate of drug-likeness (QED) is 0.657. The first kappa shape index (κ1) is 10.5. The van der Waals surface area contributed by atoms with Gasteiger partial charge in [0, 0.05) is 5.92 Å². The summed E-state index contributed by atoms with van der Waals surface area (Å²) in [5.74, 6) is -0.609. The molecule has 4 heteroatoms. The normalized spacial score (nSPS) is 29.9. The maximum absolute atomic E-state index is 11.4. The van der Waals surface area contributed by atoms with Crippen molar-refractivity contribution in [2.75, 3.05) is 6.61 Å². The first-order valence-electron chi connectivity index (χ1n) is 5.59. The van der Waals surface area contributed by atoms with Crippen LogP contribution >= 0.6 is 0 Å². The molecular weight excluding hydrogens is 194 g/mol. The molecule has 2 rings (SSSR count). The Morgan fingerprint density at radius 1 is 1.40 bits per heavy atom. The Labute approximate surface area is 89.2 Å². The van der Waals surface area contributed by atoms with Crippen LogP contribution in [0.2, 0.25) is 0 Å². The van der Waals surface area contributed by atoms with E-state index in [4.69, 9.17) is 10.5 Å². The topological polar surface area (TPSA) is 69.4 Å². The summed E-state index contributed by atoms with van der Waals surface area (Å²) in [5, 5.41) is 0. The number of nitrogens with two attached hydrogens (primary N) is 1. The van der Waals surface area contributed by atoms with Gasteiger partial charge in [-0.1, -0.05) is 12.8 Å². The van der Waals surface area contributed by atoms with Crippen molar-refractivity contribution in [3.05, 3.63) is 0 Å². The third kappa shape index (κ3) is 1.85. The number of esters is 1. The predicted molar refractivity (Wildman–Crippen MR) is 53.8 cm³/mol. The van der Waals surface area contributed by atoms with E-state index in [1.165, 1.54) is 0 Å². The summed E-state index contributed by atoms with van der Waals surface area (Å²) >= 11 is 0. The Hall–Kier alpha value is -1.06. The molecule has 1 spiro atoms. The predicted octanol–water partition coefficient (Wildman–Crippen LogP) is 0.985. The Balaban J connectivity index is 2.25. The van der Waals surface area contributed by atoms with Crippen molar-refractivity contribution in [1.29, 1.82) is 0 Å². The average molecular weight is 211 g/mol. The third-order valence-corrected chi connectivity index (χ3v) is 3.85. The lowest BCUT2D eigenvalue weighted by molar-refractivity contribution is -0.144. The SMILES string of the molecule is NC(=O)C1CCOC(=O)CC12CCCC2. The van der Waals surface area contributed by atoms with E-state index in [9.17, 15) is 9.59 Å². The molecule has 2 fully saturated rings. The van der Waals surface area contributed by atoms with Crippen LogP contribution in [0, 0.1) is 11.3 Å². The number of primary amides is 1. The van der Waals surface area contributed by atoms with Gasteiger partial charge >= 0.3 is 5.97 Å². The smallest absolute Gasteiger partial charge is 0.306 e. The lowest BCUT2D eigenvalue weighted by Crippen LogP contribution is -2.38. The molecule has 1 unspecified atom stereocenters. The van der Waals surface area contributed by atoms with E-state index < -0.39 is 0 Å². The van der Waals surface area contributed by atoms with Crippen LogP contribution < -0.4 is 5.73 Å². The number of hydrogen-bond donors (Lipinski definition) is 1. The molecular formula is C11H17NO3. The Bertz CT molecular complexity index is 282. The van der Waals surface area contributed by atoms with Gasteiger partial charge in [-0.3, -0.25) is 9.59 Å². The zero-order valence-corrected chi connectivity index (χ0v) is 8.83. The van der Waals surface area contributed by atoms with Crippen molar-refractivity contribution in [2.45, 2.75) is 38.5 Å². The molecule has 2 aliphatic rings. The molecule has 1 amide bonds. The van der Waals surface area contributed by atoms with Crippen molar-refractivity contribution in [1.82, 2.24) is 0 Å². The summed E-state index contributed by atoms with van der Waals surface area (Å²) in [5.41, 5.74) is 5.25. The number of carbonyl (C=O) groups excluding carboxylic acids is 2. The van der Waals surface area contributed by atoms with Gasteiger partial charge in [0.1, 0.15) is 0 Å². The van der Waals surface area contributed by atoms with Crippen LogP contribution in [0.25, 0.3) is 0 Å². The molecule has 1 heterocycles. The van der Waals surface area contributed by atoms with E-state index in [0.717, 1.165) is 25.7 Å². The molecule has 84 valence electrons. The fraction of sp³-hybridized carbons (Fsp3) is 0.818. The highest BCUT2D eigenvalue weighted by Crippen LogP contribution is 2.49. The van der Waals surface area contributed by atoms with Crippen molar-refractivity contribution in [3.63, 3.8) is 0 Å². The minimum absolute atomic E-state index is 0.166. The molecule has 0 bridgehead atoms. The average Bonchev–Trinajstić information content (AvgIpc) is 2.53. The molecule has 0 aromatic heterocycles. The highest BCUT2D eigenvalue weighted by Gasteiger charge is 2.47. The van der Waals surface area contributed by atoms with Gasteiger partial charge in [-0.05, 0) is 24.7 Å². The summed E-state index contributed by atoms with van der Waals surface area (Å²) in [6, 6.07) is 0. The molecule has 0 radical (unpaired) electrons. The van der Waals surface area contributed by atoms with Crippen LogP contribution in [0.15, 0.2) is 0 Å². The Kier molecular flexibility index (Phi) is 2.67. The minimum atomic E-state index is -0.268. The molecule has 2 N–H and O–H groups in total. The standard InChI is InChI=1S/C11H17NO3/c12-10(14)8-3-6-15-9(13)7-11(8)4-1-2-5-11/h8H,1-7H2,(H2,12,14). The molecule has 0 aromatic rings. The molecule has 1 aliphatic carbocycles. The largest absolute Gasteiger partial charge is 0.466 e. The monoisotopic (exact) mass is 211 g/mol. The van der Waals surface area contributed by atoms with Gasteiger partial charge in [0.2, 0.25) is 5.91 Å². The second-order valence-corrected chi connectivity index (χ2v) is 4.71. The Morgan fingerprint density at radius 3 is 2.67 bits per heavy atom. The fourth-order valence-corrected chi connectivity index (χ4v) is 3.11. The van der Waals surface area contributed by atoms with E-state index in [0.29, 0.717) is 19.4 Å². The number of hydrogen-bond acceptors (Lipinski definition) is 3. The van der Waals surface area contributed by atoms with Crippen molar-refractivity contribution in [3.8, 4) is 0 Å². The lowest BCUT2D eigenvalue weighted by Gasteiger charge is -2.32. The minimum Gasteiger partial charge on any atom is -0.466 e. The second-order valence-electron chi connectivity index (χ2n) is 4.71. The fourth-order valence-electron chi connectivity index (χ4n) is 3.11. The number of carbonyl (C=O) groups is 2. The summed E-state index contributed by atoms with van der Waals surface area (Å²) in [4.78, 5) is 22.9. The van der Waals surface area contributed by atoms with Crippen LogP contribution in [-0.4, -0.2) is 18.5 Å².